The third-order valence-electron chi connectivity index (χ3n) is 2.91. The van der Waals surface area contributed by atoms with Gasteiger partial charge in [0.15, 0.2) is 0 Å². The molecule has 0 aliphatic heterocycles. The van der Waals surface area contributed by atoms with E-state index in [1.807, 2.05) is 0 Å². The van der Waals surface area contributed by atoms with Gasteiger partial charge in [-0.1, -0.05) is 0 Å². The molecule has 0 radical (unpaired) electrons. The first kappa shape index (κ1) is 13.9. The Balaban J connectivity index is 2.37. The predicted molar refractivity (Wildman–Crippen MR) is 58.9 cm³/mol. The molecule has 1 aliphatic rings. The van der Waals surface area contributed by atoms with E-state index >= 15 is 0 Å². The van der Waals surface area contributed by atoms with Crippen molar-refractivity contribution < 1.29 is 23.4 Å². The Morgan fingerprint density at radius 3 is 2.59 bits per heavy atom. The monoisotopic (exact) mass is 248 g/mol. The van der Waals surface area contributed by atoms with Gasteiger partial charge in [0, 0.05) is 19.3 Å². The molecule has 5 heteroatoms. The van der Waals surface area contributed by atoms with E-state index < -0.39 is 11.9 Å². The maximum absolute atomic E-state index is 12.9. The molecule has 0 bridgehead atoms. The molecule has 0 saturated heterocycles. The maximum Gasteiger partial charge on any atom is 0.334 e. The third-order valence-corrected chi connectivity index (χ3v) is 2.91. The van der Waals surface area contributed by atoms with E-state index in [1.165, 1.54) is 0 Å². The van der Waals surface area contributed by atoms with Gasteiger partial charge in [0.1, 0.15) is 0 Å². The van der Waals surface area contributed by atoms with Crippen LogP contribution in [0.5, 0.6) is 0 Å². The van der Waals surface area contributed by atoms with E-state index in [1.54, 1.807) is 6.92 Å². The van der Waals surface area contributed by atoms with Crippen molar-refractivity contribution >= 4 is 5.97 Å². The van der Waals surface area contributed by atoms with Crippen LogP contribution in [0.15, 0.2) is 11.8 Å². The minimum atomic E-state index is -2.56. The SMILES string of the molecule is CCOC(=O)/C=C(\O)CC1CCC(F)(F)CC1. The topological polar surface area (TPSA) is 46.5 Å². The smallest absolute Gasteiger partial charge is 0.334 e. The number of allylic oxidation sites excluding steroid dienone is 1. The first-order chi connectivity index (χ1) is 7.93. The minimum absolute atomic E-state index is 0.0281. The molecule has 0 aromatic heterocycles. The van der Waals surface area contributed by atoms with Gasteiger partial charge in [-0.2, -0.15) is 0 Å². The molecule has 1 N–H and O–H groups in total. The summed E-state index contributed by atoms with van der Waals surface area (Å²) in [6.07, 6.45) is 1.79. The Hall–Kier alpha value is -1.13. The number of esters is 1. The molecule has 3 nitrogen and oxygen atoms in total. The van der Waals surface area contributed by atoms with E-state index in [0.29, 0.717) is 12.8 Å². The van der Waals surface area contributed by atoms with Crippen molar-refractivity contribution in [3.8, 4) is 0 Å². The van der Waals surface area contributed by atoms with Gasteiger partial charge in [-0.05, 0) is 25.7 Å². The third kappa shape index (κ3) is 5.15. The van der Waals surface area contributed by atoms with Gasteiger partial charge in [-0.15, -0.1) is 0 Å². The number of aliphatic hydroxyl groups excluding tert-OH is 1. The second-order valence-corrected chi connectivity index (χ2v) is 4.39. The lowest BCUT2D eigenvalue weighted by atomic mass is 9.84. The number of hydrogen-bond donors (Lipinski definition) is 1. The zero-order chi connectivity index (χ0) is 12.9. The van der Waals surface area contributed by atoms with Crippen molar-refractivity contribution in [3.05, 3.63) is 11.8 Å². The van der Waals surface area contributed by atoms with Crippen LogP contribution < -0.4 is 0 Å². The summed E-state index contributed by atoms with van der Waals surface area (Å²) in [4.78, 5) is 11.0. The van der Waals surface area contributed by atoms with Gasteiger partial charge < -0.3 is 9.84 Å². The van der Waals surface area contributed by atoms with E-state index in [-0.39, 0.29) is 37.5 Å². The Morgan fingerprint density at radius 2 is 2.06 bits per heavy atom. The van der Waals surface area contributed by atoms with Crippen molar-refractivity contribution in [2.45, 2.75) is 45.0 Å². The molecule has 17 heavy (non-hydrogen) atoms. The van der Waals surface area contributed by atoms with Crippen LogP contribution in [-0.4, -0.2) is 23.6 Å². The Morgan fingerprint density at radius 1 is 1.47 bits per heavy atom. The molecule has 1 aliphatic carbocycles. The fourth-order valence-corrected chi connectivity index (χ4v) is 1.98. The van der Waals surface area contributed by atoms with Crippen molar-refractivity contribution in [2.75, 3.05) is 6.61 Å². The molecule has 1 rings (SSSR count). The summed E-state index contributed by atoms with van der Waals surface area (Å²) in [5.41, 5.74) is 0. The molecule has 1 fully saturated rings. The molecule has 0 spiro atoms. The Labute approximate surface area is 99.5 Å². The summed E-state index contributed by atoms with van der Waals surface area (Å²) in [5, 5.41) is 9.50. The Kier molecular flexibility index (Phi) is 4.90. The van der Waals surface area contributed by atoms with Gasteiger partial charge in [0.25, 0.3) is 0 Å². The van der Waals surface area contributed by atoms with Crippen molar-refractivity contribution in [1.29, 1.82) is 0 Å². The molecular formula is C12H18F2O3. The van der Waals surface area contributed by atoms with Gasteiger partial charge in [-0.25, -0.2) is 13.6 Å². The minimum Gasteiger partial charge on any atom is -0.512 e. The van der Waals surface area contributed by atoms with Crippen LogP contribution >= 0.6 is 0 Å². The highest BCUT2D eigenvalue weighted by Crippen LogP contribution is 2.38. The van der Waals surface area contributed by atoms with Crippen LogP contribution in [0.3, 0.4) is 0 Å². The molecule has 0 unspecified atom stereocenters. The lowest BCUT2D eigenvalue weighted by Gasteiger charge is -2.27. The molecule has 0 amide bonds. The second-order valence-electron chi connectivity index (χ2n) is 4.39. The number of aliphatic hydroxyl groups is 1. The summed E-state index contributed by atoms with van der Waals surface area (Å²) in [7, 11) is 0. The van der Waals surface area contributed by atoms with Crippen molar-refractivity contribution in [2.24, 2.45) is 5.92 Å². The standard InChI is InChI=1S/C12H18F2O3/c1-2-17-11(16)8-10(15)7-9-3-5-12(13,14)6-4-9/h8-9,15H,2-7H2,1H3/b10-8-. The van der Waals surface area contributed by atoms with Gasteiger partial charge in [-0.3, -0.25) is 0 Å². The number of carbonyl (C=O) groups excluding carboxylic acids is 1. The summed E-state index contributed by atoms with van der Waals surface area (Å²) >= 11 is 0. The average molecular weight is 248 g/mol. The lowest BCUT2D eigenvalue weighted by molar-refractivity contribution is -0.137. The van der Waals surface area contributed by atoms with Crippen LogP contribution in [0, 0.1) is 5.92 Å². The van der Waals surface area contributed by atoms with Crippen LogP contribution in [0.4, 0.5) is 8.78 Å². The van der Waals surface area contributed by atoms with Crippen LogP contribution in [0.2, 0.25) is 0 Å². The number of halogens is 2. The molecule has 0 atom stereocenters. The van der Waals surface area contributed by atoms with Crippen molar-refractivity contribution in [3.63, 3.8) is 0 Å². The number of carbonyl (C=O) groups is 1. The molecule has 0 aromatic rings. The molecule has 0 heterocycles. The largest absolute Gasteiger partial charge is 0.512 e. The summed E-state index contributed by atoms with van der Waals surface area (Å²) in [6.45, 7) is 1.92. The summed E-state index contributed by atoms with van der Waals surface area (Å²) < 4.78 is 30.4. The second kappa shape index (κ2) is 5.98. The van der Waals surface area contributed by atoms with E-state index in [2.05, 4.69) is 4.74 Å². The summed E-state index contributed by atoms with van der Waals surface area (Å²) in [5.74, 6) is -3.21. The highest BCUT2D eigenvalue weighted by Gasteiger charge is 2.34. The quantitative estimate of drug-likeness (QED) is 0.472. The van der Waals surface area contributed by atoms with E-state index in [9.17, 15) is 18.7 Å². The summed E-state index contributed by atoms with van der Waals surface area (Å²) in [6, 6.07) is 0. The lowest BCUT2D eigenvalue weighted by Crippen LogP contribution is -2.24. The van der Waals surface area contributed by atoms with Crippen LogP contribution in [0.1, 0.15) is 39.0 Å². The Bertz CT molecular complexity index is 290. The zero-order valence-corrected chi connectivity index (χ0v) is 9.92. The van der Waals surface area contributed by atoms with Crippen molar-refractivity contribution in [1.82, 2.24) is 0 Å². The number of alkyl halides is 2. The molecule has 1 saturated carbocycles. The molecule has 0 aromatic carbocycles. The van der Waals surface area contributed by atoms with E-state index in [0.717, 1.165) is 6.08 Å². The normalized spacial score (nSPS) is 21.2. The highest BCUT2D eigenvalue weighted by molar-refractivity contribution is 5.82. The van der Waals surface area contributed by atoms with Gasteiger partial charge in [0.2, 0.25) is 5.92 Å². The molecule has 98 valence electrons. The zero-order valence-electron chi connectivity index (χ0n) is 9.92. The first-order valence-electron chi connectivity index (χ1n) is 5.87. The van der Waals surface area contributed by atoms with Gasteiger partial charge in [0.05, 0.1) is 18.4 Å². The van der Waals surface area contributed by atoms with E-state index in [4.69, 9.17) is 0 Å². The number of rotatable bonds is 4. The number of ether oxygens (including phenoxy) is 1. The van der Waals surface area contributed by atoms with Crippen LogP contribution in [-0.2, 0) is 9.53 Å². The fourth-order valence-electron chi connectivity index (χ4n) is 1.98. The fraction of sp³-hybridized carbons (Fsp3) is 0.750. The maximum atomic E-state index is 12.9. The average Bonchev–Trinajstić information content (AvgIpc) is 2.21. The van der Waals surface area contributed by atoms with Crippen LogP contribution in [0.25, 0.3) is 0 Å². The number of hydrogen-bond acceptors (Lipinski definition) is 3. The first-order valence-corrected chi connectivity index (χ1v) is 5.87. The predicted octanol–water partition coefficient (Wildman–Crippen LogP) is 3.21. The molecular weight excluding hydrogens is 230 g/mol. The van der Waals surface area contributed by atoms with Gasteiger partial charge >= 0.3 is 5.97 Å². The highest BCUT2D eigenvalue weighted by atomic mass is 19.3.